The van der Waals surface area contributed by atoms with Gasteiger partial charge in [0.05, 0.1) is 6.33 Å². The molecule has 0 aliphatic heterocycles. The molecular weight excluding hydrogens is 388 g/mol. The third kappa shape index (κ3) is 4.01. The van der Waals surface area contributed by atoms with Gasteiger partial charge in [0, 0.05) is 23.5 Å². The van der Waals surface area contributed by atoms with Crippen molar-refractivity contribution in [1.82, 2.24) is 14.1 Å². The zero-order valence-electron chi connectivity index (χ0n) is 18.2. The van der Waals surface area contributed by atoms with E-state index in [1.165, 1.54) is 5.56 Å². The molecule has 0 aliphatic rings. The summed E-state index contributed by atoms with van der Waals surface area (Å²) >= 11 is 0. The van der Waals surface area contributed by atoms with Gasteiger partial charge in [0.2, 0.25) is 5.91 Å². The number of hydrogen-bond acceptors (Lipinski definition) is 3. The quantitative estimate of drug-likeness (QED) is 0.515. The van der Waals surface area contributed by atoms with Crippen LogP contribution in [0.15, 0.2) is 65.8 Å². The number of amides is 1. The lowest BCUT2D eigenvalue weighted by atomic mass is 10.1. The lowest BCUT2D eigenvalue weighted by Gasteiger charge is -2.11. The highest BCUT2D eigenvalue weighted by molar-refractivity contribution is 5.95. The normalized spacial score (nSPS) is 11.3. The van der Waals surface area contributed by atoms with Crippen LogP contribution in [0.4, 0.5) is 5.69 Å². The van der Waals surface area contributed by atoms with Crippen LogP contribution in [0.3, 0.4) is 0 Å². The minimum Gasteiger partial charge on any atom is -0.332 e. The Morgan fingerprint density at radius 2 is 1.81 bits per heavy atom. The Hall–Kier alpha value is -3.67. The standard InChI is InChI=1S/C25H26N4O2/c1-16(2)29-15-26-23-21(19-8-6-5-7-9-19)13-28(24(23)25(29)31)14-22(30)27-20-11-10-17(3)18(4)12-20/h5-13,15-16H,14H2,1-4H3,(H,27,30). The van der Waals surface area contributed by atoms with E-state index < -0.39 is 0 Å². The van der Waals surface area contributed by atoms with Gasteiger partial charge in [-0.1, -0.05) is 36.4 Å². The first-order chi connectivity index (χ1) is 14.8. The van der Waals surface area contributed by atoms with Crippen LogP contribution in [-0.4, -0.2) is 20.0 Å². The van der Waals surface area contributed by atoms with Crippen LogP contribution in [0.5, 0.6) is 0 Å². The summed E-state index contributed by atoms with van der Waals surface area (Å²) in [5.41, 5.74) is 5.70. The number of benzene rings is 2. The Bertz CT molecular complexity index is 1320. The SMILES string of the molecule is Cc1ccc(NC(=O)Cn2cc(-c3ccccc3)c3ncn(C(C)C)c(=O)c32)cc1C. The molecule has 6 heteroatoms. The summed E-state index contributed by atoms with van der Waals surface area (Å²) in [4.78, 5) is 30.6. The molecule has 0 atom stereocenters. The van der Waals surface area contributed by atoms with Gasteiger partial charge in [-0.25, -0.2) is 4.98 Å². The maximum atomic E-state index is 13.2. The van der Waals surface area contributed by atoms with E-state index in [-0.39, 0.29) is 24.1 Å². The number of carbonyl (C=O) groups excluding carboxylic acids is 1. The smallest absolute Gasteiger partial charge is 0.278 e. The monoisotopic (exact) mass is 414 g/mol. The summed E-state index contributed by atoms with van der Waals surface area (Å²) in [7, 11) is 0. The lowest BCUT2D eigenvalue weighted by Crippen LogP contribution is -2.26. The van der Waals surface area contributed by atoms with Crippen molar-refractivity contribution in [3.63, 3.8) is 0 Å². The molecule has 1 amide bonds. The molecule has 4 aromatic rings. The van der Waals surface area contributed by atoms with Crippen LogP contribution in [0.25, 0.3) is 22.2 Å². The van der Waals surface area contributed by atoms with Crippen molar-refractivity contribution in [2.24, 2.45) is 0 Å². The van der Waals surface area contributed by atoms with E-state index in [1.807, 2.05) is 82.4 Å². The van der Waals surface area contributed by atoms with E-state index in [0.717, 1.165) is 22.4 Å². The van der Waals surface area contributed by atoms with Crippen molar-refractivity contribution in [3.05, 3.63) is 82.5 Å². The fourth-order valence-corrected chi connectivity index (χ4v) is 3.69. The summed E-state index contributed by atoms with van der Waals surface area (Å²) < 4.78 is 3.30. The van der Waals surface area contributed by atoms with Crippen LogP contribution >= 0.6 is 0 Å². The van der Waals surface area contributed by atoms with Gasteiger partial charge in [-0.2, -0.15) is 0 Å². The summed E-state index contributed by atoms with van der Waals surface area (Å²) in [6.45, 7) is 7.94. The first-order valence-electron chi connectivity index (χ1n) is 10.4. The predicted octanol–water partition coefficient (Wildman–Crippen LogP) is 4.70. The largest absolute Gasteiger partial charge is 0.332 e. The Morgan fingerprint density at radius 1 is 1.06 bits per heavy atom. The third-order valence-electron chi connectivity index (χ3n) is 5.55. The molecule has 0 fully saturated rings. The minimum absolute atomic E-state index is 0.0231. The molecule has 0 saturated heterocycles. The fourth-order valence-electron chi connectivity index (χ4n) is 3.69. The van der Waals surface area contributed by atoms with Gasteiger partial charge in [0.15, 0.2) is 0 Å². The molecule has 0 spiro atoms. The second-order valence-electron chi connectivity index (χ2n) is 8.13. The second kappa shape index (κ2) is 8.22. The highest BCUT2D eigenvalue weighted by Gasteiger charge is 2.18. The van der Waals surface area contributed by atoms with Crippen molar-refractivity contribution < 1.29 is 4.79 Å². The minimum atomic E-state index is -0.195. The van der Waals surface area contributed by atoms with Gasteiger partial charge >= 0.3 is 0 Å². The number of anilines is 1. The predicted molar refractivity (Wildman–Crippen MR) is 124 cm³/mol. The highest BCUT2D eigenvalue weighted by atomic mass is 16.2. The van der Waals surface area contributed by atoms with E-state index >= 15 is 0 Å². The first-order valence-corrected chi connectivity index (χ1v) is 10.4. The van der Waals surface area contributed by atoms with Gasteiger partial charge in [-0.3, -0.25) is 14.2 Å². The van der Waals surface area contributed by atoms with Crippen LogP contribution in [0.2, 0.25) is 0 Å². The number of hydrogen-bond donors (Lipinski definition) is 1. The maximum absolute atomic E-state index is 13.2. The van der Waals surface area contributed by atoms with Gasteiger partial charge in [0.1, 0.15) is 17.6 Å². The zero-order valence-corrected chi connectivity index (χ0v) is 18.2. The molecule has 4 rings (SSSR count). The number of nitrogens with zero attached hydrogens (tertiary/aromatic N) is 3. The van der Waals surface area contributed by atoms with E-state index in [2.05, 4.69) is 10.3 Å². The first kappa shape index (κ1) is 20.6. The van der Waals surface area contributed by atoms with Gasteiger partial charge in [-0.05, 0) is 56.5 Å². The molecule has 2 aromatic heterocycles. The number of aromatic nitrogens is 3. The van der Waals surface area contributed by atoms with Crippen LogP contribution < -0.4 is 10.9 Å². The van der Waals surface area contributed by atoms with Crippen LogP contribution in [0.1, 0.15) is 31.0 Å². The molecule has 31 heavy (non-hydrogen) atoms. The van der Waals surface area contributed by atoms with Crippen molar-refractivity contribution >= 4 is 22.6 Å². The summed E-state index contributed by atoms with van der Waals surface area (Å²) in [6, 6.07) is 15.6. The molecule has 0 saturated carbocycles. The van der Waals surface area contributed by atoms with Crippen molar-refractivity contribution in [2.75, 3.05) is 5.32 Å². The molecule has 0 aliphatic carbocycles. The molecule has 0 unspecified atom stereocenters. The van der Waals surface area contributed by atoms with E-state index in [1.54, 1.807) is 15.5 Å². The zero-order chi connectivity index (χ0) is 22.1. The average Bonchev–Trinajstić information content (AvgIpc) is 3.10. The molecular formula is C25H26N4O2. The van der Waals surface area contributed by atoms with Crippen molar-refractivity contribution in [1.29, 1.82) is 0 Å². The molecule has 2 heterocycles. The molecule has 1 N–H and O–H groups in total. The molecule has 0 bridgehead atoms. The topological polar surface area (TPSA) is 68.9 Å². The Morgan fingerprint density at radius 3 is 2.48 bits per heavy atom. The molecule has 2 aromatic carbocycles. The van der Waals surface area contributed by atoms with Crippen molar-refractivity contribution in [2.45, 2.75) is 40.3 Å². The number of fused-ring (bicyclic) bond motifs is 1. The molecule has 0 radical (unpaired) electrons. The number of nitrogens with one attached hydrogen (secondary N) is 1. The summed E-state index contributed by atoms with van der Waals surface area (Å²) in [5.74, 6) is -0.195. The fraction of sp³-hybridized carbons (Fsp3) is 0.240. The molecule has 158 valence electrons. The van der Waals surface area contributed by atoms with E-state index in [9.17, 15) is 9.59 Å². The Balaban J connectivity index is 1.77. The lowest BCUT2D eigenvalue weighted by molar-refractivity contribution is -0.116. The average molecular weight is 415 g/mol. The number of aryl methyl sites for hydroxylation is 2. The van der Waals surface area contributed by atoms with Gasteiger partial charge in [0.25, 0.3) is 5.56 Å². The Labute approximate surface area is 181 Å². The van der Waals surface area contributed by atoms with Crippen LogP contribution in [-0.2, 0) is 11.3 Å². The third-order valence-corrected chi connectivity index (χ3v) is 5.55. The highest BCUT2D eigenvalue weighted by Crippen LogP contribution is 2.28. The Kier molecular flexibility index (Phi) is 5.46. The van der Waals surface area contributed by atoms with Crippen LogP contribution in [0, 0.1) is 13.8 Å². The van der Waals surface area contributed by atoms with Gasteiger partial charge in [-0.15, -0.1) is 0 Å². The van der Waals surface area contributed by atoms with E-state index in [4.69, 9.17) is 0 Å². The van der Waals surface area contributed by atoms with Gasteiger partial charge < -0.3 is 9.88 Å². The second-order valence-corrected chi connectivity index (χ2v) is 8.13. The number of rotatable bonds is 5. The number of carbonyl (C=O) groups is 1. The maximum Gasteiger partial charge on any atom is 0.278 e. The van der Waals surface area contributed by atoms with E-state index in [0.29, 0.717) is 11.0 Å². The summed E-state index contributed by atoms with van der Waals surface area (Å²) in [6.07, 6.45) is 3.43. The van der Waals surface area contributed by atoms with Crippen molar-refractivity contribution in [3.8, 4) is 11.1 Å². The molecule has 6 nitrogen and oxygen atoms in total. The summed E-state index contributed by atoms with van der Waals surface area (Å²) in [5, 5.41) is 2.94.